The number of benzene rings is 2. The van der Waals surface area contributed by atoms with Gasteiger partial charge in [-0.05, 0) is 49.7 Å². The minimum atomic E-state index is -0.455. The molecule has 1 amide bonds. The summed E-state index contributed by atoms with van der Waals surface area (Å²) in [6, 6.07) is 11.1. The number of hydrogen-bond acceptors (Lipinski definition) is 3. The van der Waals surface area contributed by atoms with Crippen LogP contribution in [0.5, 0.6) is 0 Å². The molecule has 0 saturated carbocycles. The average Bonchev–Trinajstić information content (AvgIpc) is 2.91. The van der Waals surface area contributed by atoms with Crippen LogP contribution in [0.1, 0.15) is 21.7 Å². The number of carbonyl (C=O) groups is 1. The first-order valence-electron chi connectivity index (χ1n) is 7.21. The molecule has 0 spiro atoms. The largest absolute Gasteiger partial charge is 0.320 e. The Morgan fingerprint density at radius 2 is 2.00 bits per heavy atom. The van der Waals surface area contributed by atoms with E-state index in [1.807, 2.05) is 13.0 Å². The Hall–Kier alpha value is -2.73. The molecule has 0 fully saturated rings. The van der Waals surface area contributed by atoms with Crippen LogP contribution in [-0.2, 0) is 0 Å². The Bertz CT molecular complexity index is 923. The minimum absolute atomic E-state index is 0.165. The van der Waals surface area contributed by atoms with E-state index in [-0.39, 0.29) is 5.69 Å². The molecule has 1 aromatic heterocycles. The third-order valence-corrected chi connectivity index (χ3v) is 3.83. The Morgan fingerprint density at radius 1 is 1.21 bits per heavy atom. The summed E-state index contributed by atoms with van der Waals surface area (Å²) in [5, 5.41) is 11.2. The molecule has 0 radical (unpaired) electrons. The van der Waals surface area contributed by atoms with E-state index in [9.17, 15) is 9.18 Å². The number of aryl methyl sites for hydroxylation is 1. The Balaban J connectivity index is 1.92. The van der Waals surface area contributed by atoms with Gasteiger partial charge in [0.2, 0.25) is 0 Å². The predicted octanol–water partition coefficient (Wildman–Crippen LogP) is 3.93. The Kier molecular flexibility index (Phi) is 4.31. The van der Waals surface area contributed by atoms with Gasteiger partial charge in [-0.15, -0.1) is 5.10 Å². The number of amides is 1. The van der Waals surface area contributed by atoms with Gasteiger partial charge >= 0.3 is 0 Å². The molecule has 0 saturated heterocycles. The van der Waals surface area contributed by atoms with Crippen LogP contribution in [0, 0.1) is 19.7 Å². The van der Waals surface area contributed by atoms with Crippen LogP contribution in [0.4, 0.5) is 10.1 Å². The van der Waals surface area contributed by atoms with E-state index in [0.29, 0.717) is 16.4 Å². The van der Waals surface area contributed by atoms with Crippen molar-refractivity contribution in [1.82, 2.24) is 15.0 Å². The van der Waals surface area contributed by atoms with Crippen molar-refractivity contribution in [2.75, 3.05) is 5.32 Å². The normalized spacial score (nSPS) is 10.7. The quantitative estimate of drug-likeness (QED) is 0.783. The van der Waals surface area contributed by atoms with Crippen molar-refractivity contribution in [1.29, 1.82) is 0 Å². The molecule has 122 valence electrons. The molecule has 7 heteroatoms. The fraction of sp³-hybridized carbons (Fsp3) is 0.118. The summed E-state index contributed by atoms with van der Waals surface area (Å²) in [6.07, 6.45) is 0. The first-order valence-corrected chi connectivity index (χ1v) is 7.59. The van der Waals surface area contributed by atoms with E-state index in [2.05, 4.69) is 15.6 Å². The van der Waals surface area contributed by atoms with Crippen LogP contribution in [0.15, 0.2) is 42.5 Å². The van der Waals surface area contributed by atoms with Gasteiger partial charge in [-0.1, -0.05) is 28.9 Å². The van der Waals surface area contributed by atoms with Crippen LogP contribution in [0.25, 0.3) is 5.69 Å². The number of nitrogens with zero attached hydrogens (tertiary/aromatic N) is 3. The zero-order valence-electron chi connectivity index (χ0n) is 13.0. The molecule has 0 bridgehead atoms. The lowest BCUT2D eigenvalue weighted by Crippen LogP contribution is -2.14. The monoisotopic (exact) mass is 344 g/mol. The van der Waals surface area contributed by atoms with Crippen molar-refractivity contribution in [2.45, 2.75) is 13.8 Å². The summed E-state index contributed by atoms with van der Waals surface area (Å²) in [6.45, 7) is 3.65. The van der Waals surface area contributed by atoms with Crippen LogP contribution in [0.2, 0.25) is 5.02 Å². The summed E-state index contributed by atoms with van der Waals surface area (Å²) < 4.78 is 14.8. The van der Waals surface area contributed by atoms with Crippen LogP contribution in [-0.4, -0.2) is 20.9 Å². The second-order valence-electron chi connectivity index (χ2n) is 5.33. The minimum Gasteiger partial charge on any atom is -0.320 e. The summed E-state index contributed by atoms with van der Waals surface area (Å²) in [5.74, 6) is -0.883. The van der Waals surface area contributed by atoms with Crippen molar-refractivity contribution in [2.24, 2.45) is 0 Å². The predicted molar refractivity (Wildman–Crippen MR) is 90.2 cm³/mol. The highest BCUT2D eigenvalue weighted by atomic mass is 35.5. The fourth-order valence-corrected chi connectivity index (χ4v) is 2.50. The number of hydrogen-bond donors (Lipinski definition) is 1. The maximum atomic E-state index is 13.2. The molecule has 3 rings (SSSR count). The Morgan fingerprint density at radius 3 is 2.75 bits per heavy atom. The smallest absolute Gasteiger partial charge is 0.278 e. The molecule has 2 aromatic carbocycles. The molecule has 0 unspecified atom stereocenters. The molecule has 5 nitrogen and oxygen atoms in total. The second-order valence-corrected chi connectivity index (χ2v) is 5.77. The van der Waals surface area contributed by atoms with Crippen molar-refractivity contribution < 1.29 is 9.18 Å². The van der Waals surface area contributed by atoms with Crippen LogP contribution < -0.4 is 5.32 Å². The highest BCUT2D eigenvalue weighted by molar-refractivity contribution is 6.30. The maximum Gasteiger partial charge on any atom is 0.278 e. The van der Waals surface area contributed by atoms with E-state index in [0.717, 1.165) is 11.3 Å². The summed E-state index contributed by atoms with van der Waals surface area (Å²) in [5.41, 5.74) is 2.78. The van der Waals surface area contributed by atoms with E-state index >= 15 is 0 Å². The lowest BCUT2D eigenvalue weighted by molar-refractivity contribution is 0.102. The first kappa shape index (κ1) is 16.1. The molecular formula is C17H14ClFN4O. The summed E-state index contributed by atoms with van der Waals surface area (Å²) in [4.78, 5) is 12.4. The van der Waals surface area contributed by atoms with E-state index in [1.54, 1.807) is 29.8 Å². The zero-order chi connectivity index (χ0) is 17.3. The van der Waals surface area contributed by atoms with Crippen molar-refractivity contribution in [3.05, 3.63) is 70.3 Å². The third-order valence-electron chi connectivity index (χ3n) is 3.59. The molecule has 1 heterocycles. The van der Waals surface area contributed by atoms with Crippen LogP contribution in [0.3, 0.4) is 0 Å². The highest BCUT2D eigenvalue weighted by Crippen LogP contribution is 2.21. The van der Waals surface area contributed by atoms with E-state index in [1.165, 1.54) is 18.2 Å². The zero-order valence-corrected chi connectivity index (χ0v) is 13.8. The van der Waals surface area contributed by atoms with Gasteiger partial charge in [-0.25, -0.2) is 9.07 Å². The van der Waals surface area contributed by atoms with Gasteiger partial charge < -0.3 is 5.32 Å². The number of aromatic nitrogens is 3. The average molecular weight is 345 g/mol. The van der Waals surface area contributed by atoms with Crippen LogP contribution >= 0.6 is 11.6 Å². The number of rotatable bonds is 3. The molecule has 0 aliphatic heterocycles. The molecule has 0 atom stereocenters. The number of nitrogens with one attached hydrogen (secondary N) is 1. The number of halogens is 2. The van der Waals surface area contributed by atoms with Gasteiger partial charge in [-0.2, -0.15) is 0 Å². The lowest BCUT2D eigenvalue weighted by Gasteiger charge is -2.08. The van der Waals surface area contributed by atoms with Crippen molar-refractivity contribution in [3.63, 3.8) is 0 Å². The van der Waals surface area contributed by atoms with Gasteiger partial charge in [0.1, 0.15) is 5.82 Å². The number of carbonyl (C=O) groups excluding carboxylic acids is 1. The fourth-order valence-electron chi connectivity index (χ4n) is 2.34. The van der Waals surface area contributed by atoms with Gasteiger partial charge in [0.15, 0.2) is 5.69 Å². The lowest BCUT2D eigenvalue weighted by atomic mass is 10.2. The molecule has 3 aromatic rings. The highest BCUT2D eigenvalue weighted by Gasteiger charge is 2.18. The topological polar surface area (TPSA) is 59.8 Å². The first-order chi connectivity index (χ1) is 11.5. The summed E-state index contributed by atoms with van der Waals surface area (Å²) >= 11 is 6.03. The SMILES string of the molecule is Cc1ccc(Cl)cc1-n1nnc(C(=O)Nc2cccc(F)c2)c1C. The van der Waals surface area contributed by atoms with Gasteiger partial charge in [-0.3, -0.25) is 4.79 Å². The molecular weight excluding hydrogens is 331 g/mol. The standard InChI is InChI=1S/C17H14ClFN4O/c1-10-6-7-12(18)8-15(10)23-11(2)16(21-22-23)17(24)20-14-5-3-4-13(19)9-14/h3-9H,1-2H3,(H,20,24). The third kappa shape index (κ3) is 3.14. The van der Waals surface area contributed by atoms with Gasteiger partial charge in [0.05, 0.1) is 11.4 Å². The van der Waals surface area contributed by atoms with E-state index in [4.69, 9.17) is 11.6 Å². The number of anilines is 1. The Labute approximate surface area is 143 Å². The van der Waals surface area contributed by atoms with Gasteiger partial charge in [0.25, 0.3) is 5.91 Å². The summed E-state index contributed by atoms with van der Waals surface area (Å²) in [7, 11) is 0. The molecule has 24 heavy (non-hydrogen) atoms. The second kappa shape index (κ2) is 6.41. The molecule has 0 aliphatic rings. The van der Waals surface area contributed by atoms with Gasteiger partial charge in [0, 0.05) is 10.7 Å². The molecule has 0 aliphatic carbocycles. The van der Waals surface area contributed by atoms with Crippen molar-refractivity contribution in [3.8, 4) is 5.69 Å². The van der Waals surface area contributed by atoms with E-state index < -0.39 is 11.7 Å². The van der Waals surface area contributed by atoms with Crippen molar-refractivity contribution >= 4 is 23.2 Å². The molecule has 1 N–H and O–H groups in total. The maximum absolute atomic E-state index is 13.2.